The second-order valence-electron chi connectivity index (χ2n) is 20.2. The van der Waals surface area contributed by atoms with Crippen molar-refractivity contribution in [3.8, 4) is 0 Å². The Balaban J connectivity index is 1.50. The lowest BCUT2D eigenvalue weighted by Crippen LogP contribution is -2.70. The molecule has 10 nitrogen and oxygen atoms in total. The highest BCUT2D eigenvalue weighted by atomic mass is 16.5. The summed E-state index contributed by atoms with van der Waals surface area (Å²) >= 11 is 0. The van der Waals surface area contributed by atoms with E-state index in [0.717, 1.165) is 32.1 Å². The van der Waals surface area contributed by atoms with E-state index in [0.29, 0.717) is 38.1 Å². The van der Waals surface area contributed by atoms with E-state index in [-0.39, 0.29) is 63.9 Å². The topological polar surface area (TPSA) is 142 Å². The van der Waals surface area contributed by atoms with Crippen LogP contribution in [0.5, 0.6) is 0 Å². The van der Waals surface area contributed by atoms with Gasteiger partial charge in [-0.15, -0.1) is 5.10 Å². The molecule has 52 heavy (non-hydrogen) atoms. The number of hydrogen-bond acceptors (Lipinski definition) is 7. The lowest BCUT2D eigenvalue weighted by Gasteiger charge is -2.71. The Morgan fingerprint density at radius 2 is 1.77 bits per heavy atom. The van der Waals surface area contributed by atoms with E-state index in [1.54, 1.807) is 6.33 Å². The zero-order valence-electron chi connectivity index (χ0n) is 34.2. The third kappa shape index (κ3) is 5.73. The Morgan fingerprint density at radius 1 is 1.08 bits per heavy atom. The maximum Gasteiger partial charge on any atom is 0.307 e. The van der Waals surface area contributed by atoms with Crippen molar-refractivity contribution in [1.82, 2.24) is 20.1 Å². The van der Waals surface area contributed by atoms with Crippen molar-refractivity contribution < 1.29 is 24.2 Å². The monoisotopic (exact) mass is 724 g/mol. The van der Waals surface area contributed by atoms with Crippen LogP contribution in [0.2, 0.25) is 0 Å². The number of ether oxygens (including phenoxy) is 2. The van der Waals surface area contributed by atoms with Crippen LogP contribution in [-0.2, 0) is 14.3 Å². The molecule has 4 fully saturated rings. The first-order valence-electron chi connectivity index (χ1n) is 20.2. The molecule has 0 spiro atoms. The van der Waals surface area contributed by atoms with Gasteiger partial charge in [-0.1, -0.05) is 74.0 Å². The molecular formula is C42H69N5O5. The number of nitrogens with two attached hydrogens (primary N) is 1. The predicted octanol–water partition coefficient (Wildman–Crippen LogP) is 7.30. The van der Waals surface area contributed by atoms with Crippen LogP contribution in [0.15, 0.2) is 18.0 Å². The normalized spacial score (nSPS) is 41.8. The number of allylic oxidation sites excluding steroid dienone is 1. The molecule has 5 aliphatic rings. The largest absolute Gasteiger partial charge is 0.481 e. The third-order valence-electron chi connectivity index (χ3n) is 16.4. The first-order valence-corrected chi connectivity index (χ1v) is 20.2. The van der Waals surface area contributed by atoms with E-state index in [1.165, 1.54) is 5.57 Å². The van der Waals surface area contributed by atoms with Crippen LogP contribution in [-0.4, -0.2) is 69.3 Å². The molecule has 4 aliphatic carbocycles. The standard InChI is InChI=1S/C42H69N5O5/c1-24(2)27(7)38(9)17-18-39(10)28-13-14-31-37(8)19-30(47-23-44-34(46-47)35(48)45-26(5)6)33(52-21-41(12,43)25(3)4)42(31,22-51-20-37)29(28)15-16-40(39,11)32(38)36(49)50/h15,23-28,30-33H,13-14,16-22,43H2,1-12H3,(H,45,48)(H,49,50)/t27-,28+,30-,31-,32-,33+,37-,38-,39-,40+,41+,42+/m1/s1. The third-order valence-corrected chi connectivity index (χ3v) is 16.4. The fraction of sp³-hybridized carbons (Fsp3) is 0.857. The molecule has 3 saturated carbocycles. The quantitative estimate of drug-likeness (QED) is 0.214. The van der Waals surface area contributed by atoms with Crippen LogP contribution in [0.4, 0.5) is 0 Å². The fourth-order valence-corrected chi connectivity index (χ4v) is 12.4. The summed E-state index contributed by atoms with van der Waals surface area (Å²) in [6.07, 6.45) is 9.27. The van der Waals surface area contributed by atoms with Crippen LogP contribution in [0.1, 0.15) is 138 Å². The summed E-state index contributed by atoms with van der Waals surface area (Å²) in [6, 6.07) is -0.231. The molecule has 4 N–H and O–H groups in total. The highest BCUT2D eigenvalue weighted by molar-refractivity contribution is 5.90. The van der Waals surface area contributed by atoms with Gasteiger partial charge in [0.15, 0.2) is 0 Å². The molecular weight excluding hydrogens is 654 g/mol. The van der Waals surface area contributed by atoms with Crippen molar-refractivity contribution >= 4 is 11.9 Å². The maximum atomic E-state index is 13.6. The number of carbonyl (C=O) groups excluding carboxylic acids is 1. The van der Waals surface area contributed by atoms with Gasteiger partial charge in [-0.2, -0.15) is 0 Å². The van der Waals surface area contributed by atoms with Crippen molar-refractivity contribution in [3.05, 3.63) is 23.8 Å². The minimum Gasteiger partial charge on any atom is -0.481 e. The number of nitrogens with zero attached hydrogens (tertiary/aromatic N) is 3. The number of aromatic nitrogens is 3. The van der Waals surface area contributed by atoms with Crippen LogP contribution < -0.4 is 11.1 Å². The molecule has 1 amide bonds. The Morgan fingerprint density at radius 3 is 2.38 bits per heavy atom. The molecule has 1 saturated heterocycles. The van der Waals surface area contributed by atoms with Gasteiger partial charge in [0.2, 0.25) is 5.82 Å². The van der Waals surface area contributed by atoms with Crippen LogP contribution >= 0.6 is 0 Å². The minimum atomic E-state index is -0.654. The Labute approximate surface area is 312 Å². The Kier molecular flexibility index (Phi) is 9.98. The number of amides is 1. The molecule has 0 aromatic carbocycles. The van der Waals surface area contributed by atoms with Crippen LogP contribution in [0.25, 0.3) is 0 Å². The van der Waals surface area contributed by atoms with E-state index in [2.05, 4.69) is 85.6 Å². The molecule has 0 unspecified atom stereocenters. The number of hydrogen-bond donors (Lipinski definition) is 3. The fourth-order valence-electron chi connectivity index (χ4n) is 12.4. The average Bonchev–Trinajstić information content (AvgIpc) is 3.54. The zero-order chi connectivity index (χ0) is 38.4. The summed E-state index contributed by atoms with van der Waals surface area (Å²) < 4.78 is 15.9. The second kappa shape index (κ2) is 13.2. The molecule has 1 aromatic heterocycles. The lowest BCUT2D eigenvalue weighted by molar-refractivity contribution is -0.254. The predicted molar refractivity (Wildman–Crippen MR) is 202 cm³/mol. The SMILES string of the molecule is CC(C)NC(=O)c1ncn([C@@H]2C[C@]3(C)COC[C@@]4(C5=CC[C@@]6(C)[C@H](C(=O)O)[C@@](C)([C@H](C)C(C)C)CC[C@]6(C)[C@H]5CC[C@H]34)[C@H]2OC[C@](C)(N)C(C)C)n1. The van der Waals surface area contributed by atoms with Gasteiger partial charge < -0.3 is 25.6 Å². The molecule has 12 atom stereocenters. The summed E-state index contributed by atoms with van der Waals surface area (Å²) in [6.45, 7) is 27.9. The lowest BCUT2D eigenvalue weighted by atomic mass is 9.34. The molecule has 1 aromatic rings. The molecule has 292 valence electrons. The minimum absolute atomic E-state index is 0.0324. The number of aliphatic carboxylic acids is 1. The second-order valence-corrected chi connectivity index (χ2v) is 20.2. The van der Waals surface area contributed by atoms with E-state index >= 15 is 0 Å². The van der Waals surface area contributed by atoms with E-state index in [1.807, 2.05) is 18.5 Å². The van der Waals surface area contributed by atoms with Gasteiger partial charge in [0.25, 0.3) is 5.91 Å². The first-order chi connectivity index (χ1) is 24.1. The number of carbonyl (C=O) groups is 2. The van der Waals surface area contributed by atoms with E-state index in [9.17, 15) is 14.7 Å². The number of carboxylic acids is 1. The van der Waals surface area contributed by atoms with Crippen molar-refractivity contribution in [1.29, 1.82) is 0 Å². The van der Waals surface area contributed by atoms with Gasteiger partial charge in [-0.3, -0.25) is 9.59 Å². The molecule has 2 heterocycles. The summed E-state index contributed by atoms with van der Waals surface area (Å²) in [5.74, 6) is 0.127. The van der Waals surface area contributed by atoms with Crippen molar-refractivity contribution in [2.45, 2.75) is 145 Å². The van der Waals surface area contributed by atoms with Gasteiger partial charge in [-0.25, -0.2) is 9.67 Å². The number of nitrogens with one attached hydrogen (secondary N) is 1. The van der Waals surface area contributed by atoms with Crippen LogP contribution in [0.3, 0.4) is 0 Å². The zero-order valence-corrected chi connectivity index (χ0v) is 34.2. The van der Waals surface area contributed by atoms with Crippen LogP contribution in [0, 0.1) is 62.6 Å². The highest BCUT2D eigenvalue weighted by Gasteiger charge is 2.72. The number of carboxylic acid groups (broad SMARTS) is 1. The maximum absolute atomic E-state index is 13.6. The van der Waals surface area contributed by atoms with E-state index < -0.39 is 28.3 Å². The molecule has 10 heteroatoms. The molecule has 0 radical (unpaired) electrons. The van der Waals surface area contributed by atoms with Crippen molar-refractivity contribution in [2.75, 3.05) is 19.8 Å². The van der Waals surface area contributed by atoms with Crippen molar-refractivity contribution in [3.63, 3.8) is 0 Å². The molecule has 1 aliphatic heterocycles. The summed E-state index contributed by atoms with van der Waals surface area (Å²) in [4.78, 5) is 31.2. The average molecular weight is 724 g/mol. The smallest absolute Gasteiger partial charge is 0.307 e. The van der Waals surface area contributed by atoms with Gasteiger partial charge >= 0.3 is 5.97 Å². The van der Waals surface area contributed by atoms with Gasteiger partial charge in [-0.05, 0) is 111 Å². The summed E-state index contributed by atoms with van der Waals surface area (Å²) in [5.41, 5.74) is 6.19. The Bertz CT molecular complexity index is 1570. The molecule has 2 bridgehead atoms. The van der Waals surface area contributed by atoms with E-state index in [4.69, 9.17) is 20.3 Å². The first kappa shape index (κ1) is 39.4. The van der Waals surface area contributed by atoms with Gasteiger partial charge in [0.1, 0.15) is 6.33 Å². The highest BCUT2D eigenvalue weighted by Crippen LogP contribution is 2.75. The summed E-state index contributed by atoms with van der Waals surface area (Å²) in [5, 5.41) is 18.9. The summed E-state index contributed by atoms with van der Waals surface area (Å²) in [7, 11) is 0. The number of fused-ring (bicyclic) bond motifs is 3. The van der Waals surface area contributed by atoms with Gasteiger partial charge in [0.05, 0.1) is 37.9 Å². The Hall–Kier alpha value is -2.30. The molecule has 6 rings (SSSR count). The van der Waals surface area contributed by atoms with Gasteiger partial charge in [0, 0.05) is 17.0 Å². The van der Waals surface area contributed by atoms with Crippen molar-refractivity contribution in [2.24, 2.45) is 68.3 Å². The number of rotatable bonds is 10.